The topological polar surface area (TPSA) is 98.8 Å². The maximum absolute atomic E-state index is 13.7. The Morgan fingerprint density at radius 2 is 1.88 bits per heavy atom. The number of aromatic nitrogens is 3. The van der Waals surface area contributed by atoms with Gasteiger partial charge in [0, 0.05) is 39.9 Å². The number of benzene rings is 1. The van der Waals surface area contributed by atoms with E-state index in [9.17, 15) is 14.0 Å². The highest BCUT2D eigenvalue weighted by atomic mass is 19.1. The van der Waals surface area contributed by atoms with Gasteiger partial charge in [-0.3, -0.25) is 14.6 Å². The van der Waals surface area contributed by atoms with Crippen LogP contribution in [0.2, 0.25) is 0 Å². The fourth-order valence-electron chi connectivity index (χ4n) is 5.54. The first-order chi connectivity index (χ1) is 16.2. The van der Waals surface area contributed by atoms with Crippen LogP contribution in [0.15, 0.2) is 54.2 Å². The number of pyridine rings is 1. The molecule has 1 aromatic carbocycles. The summed E-state index contributed by atoms with van der Waals surface area (Å²) in [6, 6.07) is 10.0. The molecule has 2 N–H and O–H groups in total. The van der Waals surface area contributed by atoms with E-state index in [1.807, 2.05) is 32.9 Å². The second-order valence-electron chi connectivity index (χ2n) is 9.42. The maximum Gasteiger partial charge on any atom is 0.252 e. The van der Waals surface area contributed by atoms with E-state index in [0.717, 1.165) is 40.2 Å². The third-order valence-corrected chi connectivity index (χ3v) is 7.26. The van der Waals surface area contributed by atoms with Crippen LogP contribution in [0.5, 0.6) is 0 Å². The molecule has 5 rings (SSSR count). The number of halogens is 1. The van der Waals surface area contributed by atoms with Gasteiger partial charge in [-0.05, 0) is 62.1 Å². The number of ketones is 1. The minimum atomic E-state index is -0.721. The molecular weight excluding hydrogens is 431 g/mol. The maximum atomic E-state index is 13.7. The predicted octanol–water partition coefficient (Wildman–Crippen LogP) is 4.10. The van der Waals surface area contributed by atoms with E-state index >= 15 is 0 Å². The Morgan fingerprint density at radius 3 is 2.56 bits per heavy atom. The first-order valence-corrected chi connectivity index (χ1v) is 11.4. The summed E-state index contributed by atoms with van der Waals surface area (Å²) in [7, 11) is 0. The molecule has 1 amide bonds. The Morgan fingerprint density at radius 1 is 1.15 bits per heavy atom. The zero-order chi connectivity index (χ0) is 24.2. The van der Waals surface area contributed by atoms with E-state index < -0.39 is 11.3 Å². The van der Waals surface area contributed by atoms with Crippen LogP contribution in [0, 0.1) is 24.6 Å². The van der Waals surface area contributed by atoms with Gasteiger partial charge in [0.2, 0.25) is 0 Å². The molecule has 34 heavy (non-hydrogen) atoms. The van der Waals surface area contributed by atoms with Gasteiger partial charge in [-0.1, -0.05) is 19.9 Å². The van der Waals surface area contributed by atoms with Crippen molar-refractivity contribution < 1.29 is 14.0 Å². The zero-order valence-corrected chi connectivity index (χ0v) is 19.3. The highest BCUT2D eigenvalue weighted by Crippen LogP contribution is 2.50. The van der Waals surface area contributed by atoms with Crippen molar-refractivity contribution in [3.63, 3.8) is 0 Å². The summed E-state index contributed by atoms with van der Waals surface area (Å²) < 4.78 is 13.7. The van der Waals surface area contributed by atoms with Crippen molar-refractivity contribution in [3.05, 3.63) is 77.0 Å². The molecule has 2 aromatic heterocycles. The monoisotopic (exact) mass is 456 g/mol. The fourth-order valence-corrected chi connectivity index (χ4v) is 5.54. The van der Waals surface area contributed by atoms with Gasteiger partial charge in [0.1, 0.15) is 5.82 Å². The van der Waals surface area contributed by atoms with Crippen LogP contribution < -0.4 is 5.73 Å². The Balaban J connectivity index is 1.81. The number of carbonyl (C=O) groups excluding carboxylic acids is 2. The third-order valence-electron chi connectivity index (χ3n) is 7.26. The minimum Gasteiger partial charge on any atom is -0.365 e. The molecule has 172 valence electrons. The number of nitrogens with two attached hydrogens (primary N) is 1. The number of allylic oxidation sites excluding steroid dienone is 1. The first kappa shape index (κ1) is 22.1. The Kier molecular flexibility index (Phi) is 5.15. The van der Waals surface area contributed by atoms with Crippen molar-refractivity contribution >= 4 is 11.7 Å². The molecule has 0 bridgehead atoms. The van der Waals surface area contributed by atoms with Gasteiger partial charge in [0.05, 0.1) is 17.0 Å². The van der Waals surface area contributed by atoms with Gasteiger partial charge >= 0.3 is 0 Å². The normalized spacial score (nSPS) is 23.6. The molecule has 3 aromatic rings. The van der Waals surface area contributed by atoms with Crippen LogP contribution in [0.1, 0.15) is 37.2 Å². The summed E-state index contributed by atoms with van der Waals surface area (Å²) in [6.07, 6.45) is 4.84. The van der Waals surface area contributed by atoms with E-state index in [-0.39, 0.29) is 29.0 Å². The molecule has 7 heteroatoms. The lowest BCUT2D eigenvalue weighted by molar-refractivity contribution is -0.125. The Labute approximate surface area is 197 Å². The number of carbonyl (C=O) groups is 2. The zero-order valence-electron chi connectivity index (χ0n) is 19.3. The summed E-state index contributed by atoms with van der Waals surface area (Å²) in [5.41, 5.74) is 9.82. The van der Waals surface area contributed by atoms with E-state index in [0.29, 0.717) is 12.2 Å². The van der Waals surface area contributed by atoms with Crippen LogP contribution >= 0.6 is 0 Å². The molecule has 2 heterocycles. The molecule has 0 saturated carbocycles. The number of primary amides is 1. The summed E-state index contributed by atoms with van der Waals surface area (Å²) in [6.45, 7) is 5.78. The van der Waals surface area contributed by atoms with Crippen molar-refractivity contribution in [2.45, 2.75) is 39.0 Å². The molecule has 0 spiro atoms. The molecule has 0 fully saturated rings. The molecule has 0 radical (unpaired) electrons. The number of aryl methyl sites for hydroxylation is 1. The van der Waals surface area contributed by atoms with Gasteiger partial charge in [0.25, 0.3) is 5.91 Å². The number of hydrogen-bond donors (Lipinski definition) is 1. The van der Waals surface area contributed by atoms with Crippen LogP contribution in [0.3, 0.4) is 0 Å². The fraction of sp³-hybridized carbons (Fsp3) is 0.296. The Hall–Kier alpha value is -3.74. The third kappa shape index (κ3) is 3.43. The van der Waals surface area contributed by atoms with Crippen LogP contribution in [0.4, 0.5) is 4.39 Å². The lowest BCUT2D eigenvalue weighted by Gasteiger charge is -2.46. The minimum absolute atomic E-state index is 0.0291. The number of nitrogens with zero attached hydrogens (tertiary/aromatic N) is 3. The molecule has 0 unspecified atom stereocenters. The van der Waals surface area contributed by atoms with Crippen LogP contribution in [-0.2, 0) is 21.4 Å². The number of amides is 1. The summed E-state index contributed by atoms with van der Waals surface area (Å²) in [5, 5.41) is 0. The molecule has 2 aliphatic carbocycles. The quantitative estimate of drug-likeness (QED) is 0.598. The largest absolute Gasteiger partial charge is 0.365 e. The number of fused-ring (bicyclic) bond motifs is 3. The van der Waals surface area contributed by atoms with Gasteiger partial charge in [-0.25, -0.2) is 14.4 Å². The first-order valence-electron chi connectivity index (χ1n) is 11.4. The smallest absolute Gasteiger partial charge is 0.252 e. The van der Waals surface area contributed by atoms with Crippen molar-refractivity contribution in [3.8, 4) is 22.6 Å². The summed E-state index contributed by atoms with van der Waals surface area (Å²) in [5.74, 6) is -1.13. The van der Waals surface area contributed by atoms with Gasteiger partial charge in [0.15, 0.2) is 11.6 Å². The summed E-state index contributed by atoms with van der Waals surface area (Å²) in [4.78, 5) is 39.2. The predicted molar refractivity (Wildman–Crippen MR) is 126 cm³/mol. The SMILES string of the molecule is Cc1cc(-c2nc(-c3ccc(F)cc3)c3c(n2)[C@]2(C)C=C(C(N)=O)C(=O)[C@H](C)[C@H]2CC3)ccn1. The van der Waals surface area contributed by atoms with Gasteiger partial charge in [-0.15, -0.1) is 0 Å². The number of hydrogen-bond acceptors (Lipinski definition) is 5. The van der Waals surface area contributed by atoms with E-state index in [1.54, 1.807) is 24.4 Å². The van der Waals surface area contributed by atoms with Crippen LogP contribution in [0.25, 0.3) is 22.6 Å². The van der Waals surface area contributed by atoms with Gasteiger partial charge < -0.3 is 5.73 Å². The van der Waals surface area contributed by atoms with E-state index in [4.69, 9.17) is 15.7 Å². The van der Waals surface area contributed by atoms with E-state index in [1.165, 1.54) is 12.1 Å². The molecule has 2 aliphatic rings. The second kappa shape index (κ2) is 7.94. The number of Topliss-reactive ketones (excluding diaryl/α,β-unsaturated/α-hetero) is 1. The average molecular weight is 457 g/mol. The van der Waals surface area contributed by atoms with Crippen molar-refractivity contribution in [1.82, 2.24) is 15.0 Å². The molecule has 3 atom stereocenters. The van der Waals surface area contributed by atoms with Gasteiger partial charge in [-0.2, -0.15) is 0 Å². The second-order valence-corrected chi connectivity index (χ2v) is 9.42. The highest BCUT2D eigenvalue weighted by molar-refractivity contribution is 6.20. The van der Waals surface area contributed by atoms with Crippen molar-refractivity contribution in [1.29, 1.82) is 0 Å². The lowest BCUT2D eigenvalue weighted by Crippen LogP contribution is -2.48. The highest BCUT2D eigenvalue weighted by Gasteiger charge is 2.50. The standard InChI is InChI=1S/C27H25FN4O2/c1-14-12-17(10-11-30-14)26-31-22(16-4-6-18(28)7-5-16)19-8-9-21-15(2)23(33)20(25(29)34)13-27(21,3)24(19)32-26/h4-7,10-13,15,21H,8-9H2,1-3H3,(H2,29,34)/t15-,21-,27-/m1/s1. The van der Waals surface area contributed by atoms with Crippen molar-refractivity contribution in [2.75, 3.05) is 0 Å². The van der Waals surface area contributed by atoms with E-state index in [2.05, 4.69) is 4.98 Å². The lowest BCUT2D eigenvalue weighted by atomic mass is 9.57. The number of rotatable bonds is 3. The Bertz CT molecular complexity index is 1370. The summed E-state index contributed by atoms with van der Waals surface area (Å²) >= 11 is 0. The average Bonchev–Trinajstić information content (AvgIpc) is 2.81. The van der Waals surface area contributed by atoms with Crippen molar-refractivity contribution in [2.24, 2.45) is 17.6 Å². The molecular formula is C27H25FN4O2. The van der Waals surface area contributed by atoms with Crippen LogP contribution in [-0.4, -0.2) is 26.6 Å². The molecule has 6 nitrogen and oxygen atoms in total. The molecule has 0 aliphatic heterocycles. The molecule has 0 saturated heterocycles.